The predicted octanol–water partition coefficient (Wildman–Crippen LogP) is 3.57. The Morgan fingerprint density at radius 1 is 0.529 bits per heavy atom. The number of rotatable bonds is 2. The molecule has 0 spiro atoms. The van der Waals surface area contributed by atoms with E-state index in [-0.39, 0.29) is 0 Å². The van der Waals surface area contributed by atoms with Crippen LogP contribution in [0, 0.1) is 0 Å². The van der Waals surface area contributed by atoms with E-state index in [0.29, 0.717) is 0 Å². The average molecular weight is 557 g/mol. The molecule has 17 heavy (non-hydrogen) atoms. The van der Waals surface area contributed by atoms with Crippen LogP contribution in [0.2, 0.25) is 0 Å². The van der Waals surface area contributed by atoms with Crippen molar-refractivity contribution < 1.29 is 7.17 Å². The van der Waals surface area contributed by atoms with Crippen LogP contribution >= 0.6 is 56.4 Å². The first-order valence-electron chi connectivity index (χ1n) is 4.68. The zero-order valence-electron chi connectivity index (χ0n) is 8.59. The van der Waals surface area contributed by atoms with Gasteiger partial charge in [0.05, 0.1) is 0 Å². The van der Waals surface area contributed by atoms with Crippen molar-refractivity contribution in [3.05, 3.63) is 61.2 Å². The number of aromatic nitrogens is 2. The van der Waals surface area contributed by atoms with Crippen LogP contribution in [0.3, 0.4) is 0 Å². The molecule has 2 aromatic rings. The second-order valence-electron chi connectivity index (χ2n) is 3.45. The van der Waals surface area contributed by atoms with Gasteiger partial charge in [0.2, 0.25) is 0 Å². The zero-order valence-corrected chi connectivity index (χ0v) is 16.6. The fourth-order valence-corrected chi connectivity index (χ4v) is 12.4. The summed E-state index contributed by atoms with van der Waals surface area (Å²) in [6.07, 6.45) is 7.95. The predicted molar refractivity (Wildman–Crippen MR) is 85.5 cm³/mol. The summed E-state index contributed by atoms with van der Waals surface area (Å²) in [4.78, 5) is 0. The summed E-state index contributed by atoms with van der Waals surface area (Å²) in [6.45, 7) is 0. The maximum atomic E-state index is 3.85. The van der Waals surface area contributed by atoms with E-state index < -0.39 is 3.94 Å². The molecule has 92 valence electrons. The van der Waals surface area contributed by atoms with Gasteiger partial charge in [-0.2, -0.15) is 0 Å². The van der Waals surface area contributed by atoms with E-state index in [1.54, 1.807) is 0 Å². The number of halogens is 4. The third-order valence-corrected chi connectivity index (χ3v) is 20.6. The molecule has 0 unspecified atom stereocenters. The Bertz CT molecular complexity index is 492. The first-order valence-corrected chi connectivity index (χ1v) is 22.3. The third kappa shape index (κ3) is 2.69. The van der Waals surface area contributed by atoms with E-state index in [1.807, 2.05) is 61.2 Å². The van der Waals surface area contributed by atoms with E-state index in [0.717, 1.165) is 0 Å². The van der Waals surface area contributed by atoms with Crippen molar-refractivity contribution in [1.29, 1.82) is 0 Å². The monoisotopic (exact) mass is 554 g/mol. The number of nitrogens with zero attached hydrogens (tertiary/aromatic N) is 2. The van der Waals surface area contributed by atoms with Crippen molar-refractivity contribution in [2.75, 3.05) is 0 Å². The fraction of sp³-hybridized carbons (Fsp3) is 0. The summed E-state index contributed by atoms with van der Waals surface area (Å²) in [6, 6.07) is 11.9. The van der Waals surface area contributed by atoms with Gasteiger partial charge in [-0.05, 0) is 0 Å². The van der Waals surface area contributed by atoms with Crippen LogP contribution in [0.25, 0.3) is 0 Å². The number of hydrogen-bond donors (Lipinski definition) is 0. The number of hydrogen-bond acceptors (Lipinski definition) is 0. The Kier molecular flexibility index (Phi) is 3.43. The topological polar surface area (TPSA) is 7.76 Å². The molecule has 0 radical (unpaired) electrons. The molecule has 0 aromatic carbocycles. The fourth-order valence-electron chi connectivity index (χ4n) is 1.35. The average Bonchev–Trinajstić information content (AvgIpc) is 2.30. The molecule has 0 N–H and O–H groups in total. The Hall–Kier alpha value is 0.739. The normalized spacial score (nSPS) is 16.0. The van der Waals surface area contributed by atoms with Crippen LogP contribution in [0.15, 0.2) is 61.2 Å². The summed E-state index contributed by atoms with van der Waals surface area (Å²) >= 11 is 15.4. The quantitative estimate of drug-likeness (QED) is 0.500. The van der Waals surface area contributed by atoms with Gasteiger partial charge in [-0.3, -0.25) is 0 Å². The first-order chi connectivity index (χ1) is 7.74. The van der Waals surface area contributed by atoms with Crippen molar-refractivity contribution >= 4 is 60.4 Å². The van der Waals surface area contributed by atoms with Gasteiger partial charge in [-0.15, -0.1) is 0 Å². The Morgan fingerprint density at radius 3 is 1.12 bits per heavy atom. The van der Waals surface area contributed by atoms with Crippen molar-refractivity contribution in [2.45, 2.75) is 0 Å². The molecule has 2 heterocycles. The summed E-state index contributed by atoms with van der Waals surface area (Å²) in [5.41, 5.74) is 0. The molecule has 2 nitrogen and oxygen atoms in total. The van der Waals surface area contributed by atoms with Gasteiger partial charge in [0.15, 0.2) is 0 Å². The molecule has 0 amide bonds. The SMILES string of the molecule is Br[Se](Br)(Br)(Br)([n+]1ccccc1)[n+]1ccccc1. The van der Waals surface area contributed by atoms with Gasteiger partial charge in [0.25, 0.3) is 0 Å². The Balaban J connectivity index is 2.76. The summed E-state index contributed by atoms with van der Waals surface area (Å²) < 4.78 is 0.190. The Labute approximate surface area is 127 Å². The zero-order chi connectivity index (χ0) is 12.6. The van der Waals surface area contributed by atoms with Crippen molar-refractivity contribution in [3.8, 4) is 0 Å². The summed E-state index contributed by atoms with van der Waals surface area (Å²) in [5.74, 6) is 0. The molecule has 2 rings (SSSR count). The second kappa shape index (κ2) is 4.12. The second-order valence-corrected chi connectivity index (χ2v) is 68.7. The van der Waals surface area contributed by atoms with Gasteiger partial charge >= 0.3 is 129 Å². The summed E-state index contributed by atoms with van der Waals surface area (Å²) in [5, 5.41) is 0. The van der Waals surface area contributed by atoms with Crippen molar-refractivity contribution in [1.82, 2.24) is 0 Å². The van der Waals surface area contributed by atoms with E-state index in [9.17, 15) is 0 Å². The molecule has 0 fully saturated rings. The molecular formula is C10H10Br4N2Se+2. The van der Waals surface area contributed by atoms with Gasteiger partial charge in [0.1, 0.15) is 0 Å². The van der Waals surface area contributed by atoms with Gasteiger partial charge in [-0.25, -0.2) is 0 Å². The van der Waals surface area contributed by atoms with Crippen LogP contribution in [-0.4, -0.2) is 3.94 Å². The van der Waals surface area contributed by atoms with Crippen LogP contribution in [0.4, 0.5) is 0 Å². The van der Waals surface area contributed by atoms with Crippen molar-refractivity contribution in [2.24, 2.45) is 0 Å². The third-order valence-electron chi connectivity index (χ3n) is 2.20. The molecule has 7 heteroatoms. The first kappa shape index (κ1) is 14.2. The van der Waals surface area contributed by atoms with Crippen LogP contribution < -0.4 is 7.17 Å². The van der Waals surface area contributed by atoms with E-state index in [1.165, 1.54) is 0 Å². The van der Waals surface area contributed by atoms with Crippen LogP contribution in [0.5, 0.6) is 0 Å². The summed E-state index contributed by atoms with van der Waals surface area (Å²) in [7, 11) is 0. The minimum absolute atomic E-state index is 1.98. The van der Waals surface area contributed by atoms with E-state index in [2.05, 4.69) is 63.6 Å². The van der Waals surface area contributed by atoms with Gasteiger partial charge < -0.3 is 0 Å². The minimum atomic E-state index is -3.93. The molecule has 0 aliphatic rings. The molecule has 0 atom stereocenters. The molecule has 2 aromatic heterocycles. The molecule has 0 aliphatic heterocycles. The van der Waals surface area contributed by atoms with E-state index >= 15 is 0 Å². The molecule has 0 bridgehead atoms. The maximum absolute atomic E-state index is 3.93. The standard InChI is InChI=1S/C10H10Br4N2Se/c11-17(12,13,14,15-7-3-1-4-8-15)16-9-5-2-6-10-16/h1-10H/q+2. The number of pyridine rings is 2. The molecule has 0 saturated heterocycles. The molecule has 0 aliphatic carbocycles. The van der Waals surface area contributed by atoms with Crippen molar-refractivity contribution in [3.63, 3.8) is 0 Å². The van der Waals surface area contributed by atoms with E-state index in [4.69, 9.17) is 0 Å². The van der Waals surface area contributed by atoms with Crippen LogP contribution in [0.1, 0.15) is 0 Å². The van der Waals surface area contributed by atoms with Crippen LogP contribution in [-0.2, 0) is 0 Å². The van der Waals surface area contributed by atoms with Gasteiger partial charge in [-0.1, -0.05) is 0 Å². The molecular weight excluding hydrogens is 547 g/mol. The molecule has 0 saturated carbocycles. The van der Waals surface area contributed by atoms with Gasteiger partial charge in [0, 0.05) is 0 Å². The Morgan fingerprint density at radius 2 is 0.824 bits per heavy atom.